The van der Waals surface area contributed by atoms with Crippen molar-refractivity contribution in [2.24, 2.45) is 5.92 Å². The van der Waals surface area contributed by atoms with Crippen molar-refractivity contribution in [3.05, 3.63) is 33.3 Å². The SMILES string of the molecule is CN(CC(=O)Nc1cc(Cl)ccc1[N+](=O)[O-])CC(O)C1CC1. The number of halogens is 1. The molecule has 0 saturated heterocycles. The van der Waals surface area contributed by atoms with Gasteiger partial charge in [-0.3, -0.25) is 19.8 Å². The summed E-state index contributed by atoms with van der Waals surface area (Å²) in [5.41, 5.74) is -0.142. The highest BCUT2D eigenvalue weighted by Gasteiger charge is 2.30. The molecule has 1 aromatic carbocycles. The Balaban J connectivity index is 1.93. The third-order valence-electron chi connectivity index (χ3n) is 3.51. The van der Waals surface area contributed by atoms with E-state index in [2.05, 4.69) is 5.32 Å². The number of anilines is 1. The summed E-state index contributed by atoms with van der Waals surface area (Å²) in [6.45, 7) is 0.434. The molecule has 1 atom stereocenters. The average Bonchev–Trinajstić information content (AvgIpc) is 3.21. The number of nitro benzene ring substituents is 1. The van der Waals surface area contributed by atoms with Crippen molar-refractivity contribution >= 4 is 28.9 Å². The lowest BCUT2D eigenvalue weighted by atomic mass is 10.2. The van der Waals surface area contributed by atoms with E-state index < -0.39 is 16.9 Å². The lowest BCUT2D eigenvalue weighted by Crippen LogP contribution is -2.36. The molecule has 0 spiro atoms. The maximum absolute atomic E-state index is 12.0. The van der Waals surface area contributed by atoms with Crippen LogP contribution >= 0.6 is 11.6 Å². The number of amides is 1. The molecule has 120 valence electrons. The Labute approximate surface area is 133 Å². The zero-order valence-electron chi connectivity index (χ0n) is 12.2. The largest absolute Gasteiger partial charge is 0.392 e. The first-order valence-electron chi connectivity index (χ1n) is 6.97. The minimum absolute atomic E-state index is 0.0352. The number of aliphatic hydroxyl groups excluding tert-OH is 1. The van der Waals surface area contributed by atoms with Gasteiger partial charge in [0, 0.05) is 17.6 Å². The molecule has 0 bridgehead atoms. The Bertz CT molecular complexity index is 577. The Morgan fingerprint density at radius 2 is 2.27 bits per heavy atom. The van der Waals surface area contributed by atoms with Gasteiger partial charge in [0.05, 0.1) is 17.6 Å². The van der Waals surface area contributed by atoms with Crippen LogP contribution in [0.1, 0.15) is 12.8 Å². The van der Waals surface area contributed by atoms with Gasteiger partial charge in [0.1, 0.15) is 5.69 Å². The summed E-state index contributed by atoms with van der Waals surface area (Å²) in [7, 11) is 1.72. The van der Waals surface area contributed by atoms with E-state index in [1.54, 1.807) is 11.9 Å². The summed E-state index contributed by atoms with van der Waals surface area (Å²) in [6.07, 6.45) is 1.62. The topological polar surface area (TPSA) is 95.7 Å². The van der Waals surface area contributed by atoms with Gasteiger partial charge in [-0.05, 0) is 37.9 Å². The van der Waals surface area contributed by atoms with Crippen molar-refractivity contribution in [2.75, 3.05) is 25.5 Å². The Morgan fingerprint density at radius 3 is 2.86 bits per heavy atom. The highest BCUT2D eigenvalue weighted by Crippen LogP contribution is 2.32. The molecule has 1 saturated carbocycles. The zero-order valence-corrected chi connectivity index (χ0v) is 12.9. The first-order valence-corrected chi connectivity index (χ1v) is 7.35. The number of carbonyl (C=O) groups is 1. The number of rotatable bonds is 7. The molecule has 0 heterocycles. The van der Waals surface area contributed by atoms with E-state index in [0.29, 0.717) is 17.5 Å². The lowest BCUT2D eigenvalue weighted by Gasteiger charge is -2.19. The molecule has 1 aliphatic rings. The molecule has 1 amide bonds. The number of nitro groups is 1. The second-order valence-electron chi connectivity index (χ2n) is 5.57. The van der Waals surface area contributed by atoms with Crippen molar-refractivity contribution in [1.29, 1.82) is 0 Å². The van der Waals surface area contributed by atoms with Gasteiger partial charge in [-0.1, -0.05) is 11.6 Å². The van der Waals surface area contributed by atoms with Crippen molar-refractivity contribution in [3.63, 3.8) is 0 Å². The van der Waals surface area contributed by atoms with Crippen molar-refractivity contribution in [3.8, 4) is 0 Å². The minimum Gasteiger partial charge on any atom is -0.392 e. The monoisotopic (exact) mass is 327 g/mol. The quantitative estimate of drug-likeness (QED) is 0.589. The molecule has 0 aromatic heterocycles. The molecule has 7 nitrogen and oxygen atoms in total. The van der Waals surface area contributed by atoms with Crippen LogP contribution in [-0.2, 0) is 4.79 Å². The maximum atomic E-state index is 12.0. The molecular weight excluding hydrogens is 310 g/mol. The zero-order chi connectivity index (χ0) is 16.3. The van der Waals surface area contributed by atoms with E-state index in [1.165, 1.54) is 18.2 Å². The van der Waals surface area contributed by atoms with Crippen molar-refractivity contribution in [2.45, 2.75) is 18.9 Å². The van der Waals surface area contributed by atoms with Crippen LogP contribution in [0.25, 0.3) is 0 Å². The van der Waals surface area contributed by atoms with Gasteiger partial charge in [-0.15, -0.1) is 0 Å². The van der Waals surface area contributed by atoms with Crippen LogP contribution in [0.3, 0.4) is 0 Å². The smallest absolute Gasteiger partial charge is 0.292 e. The fourth-order valence-electron chi connectivity index (χ4n) is 2.22. The van der Waals surface area contributed by atoms with Gasteiger partial charge in [0.25, 0.3) is 5.69 Å². The number of nitrogens with one attached hydrogen (secondary N) is 1. The van der Waals surface area contributed by atoms with E-state index in [-0.39, 0.29) is 17.9 Å². The molecule has 1 fully saturated rings. The Kier molecular flexibility index (Phi) is 5.33. The van der Waals surface area contributed by atoms with Crippen LogP contribution < -0.4 is 5.32 Å². The summed E-state index contributed by atoms with van der Waals surface area (Å²) in [5, 5.41) is 23.6. The van der Waals surface area contributed by atoms with Gasteiger partial charge in [0.15, 0.2) is 0 Å². The molecule has 22 heavy (non-hydrogen) atoms. The summed E-state index contributed by atoms with van der Waals surface area (Å²) in [5.74, 6) is -0.0598. The number of nitrogens with zero attached hydrogens (tertiary/aromatic N) is 2. The van der Waals surface area contributed by atoms with Crippen LogP contribution in [0.5, 0.6) is 0 Å². The highest BCUT2D eigenvalue weighted by molar-refractivity contribution is 6.31. The summed E-state index contributed by atoms with van der Waals surface area (Å²) in [6, 6.07) is 3.99. The van der Waals surface area contributed by atoms with E-state index >= 15 is 0 Å². The number of aliphatic hydroxyl groups is 1. The van der Waals surface area contributed by atoms with Crippen LogP contribution in [0.4, 0.5) is 11.4 Å². The van der Waals surface area contributed by atoms with Gasteiger partial charge in [0.2, 0.25) is 5.91 Å². The first kappa shape index (κ1) is 16.7. The van der Waals surface area contributed by atoms with Crippen LogP contribution in [0.15, 0.2) is 18.2 Å². The normalized spacial score (nSPS) is 15.6. The molecule has 1 aliphatic carbocycles. The third kappa shape index (κ3) is 4.66. The lowest BCUT2D eigenvalue weighted by molar-refractivity contribution is -0.383. The van der Waals surface area contributed by atoms with E-state index in [0.717, 1.165) is 12.8 Å². The second-order valence-corrected chi connectivity index (χ2v) is 6.00. The number of likely N-dealkylation sites (N-methyl/N-ethyl adjacent to an activating group) is 1. The van der Waals surface area contributed by atoms with Gasteiger partial charge in [-0.25, -0.2) is 0 Å². The highest BCUT2D eigenvalue weighted by atomic mass is 35.5. The Morgan fingerprint density at radius 1 is 1.59 bits per heavy atom. The fourth-order valence-corrected chi connectivity index (χ4v) is 2.39. The number of hydrogen-bond acceptors (Lipinski definition) is 5. The summed E-state index contributed by atoms with van der Waals surface area (Å²) < 4.78 is 0. The van der Waals surface area contributed by atoms with E-state index in [4.69, 9.17) is 11.6 Å². The number of carbonyl (C=O) groups excluding carboxylic acids is 1. The van der Waals surface area contributed by atoms with Crippen LogP contribution in [-0.4, -0.2) is 47.1 Å². The Hall–Kier alpha value is -1.70. The molecule has 1 unspecified atom stereocenters. The van der Waals surface area contributed by atoms with Crippen LogP contribution in [0, 0.1) is 16.0 Å². The summed E-state index contributed by atoms with van der Waals surface area (Å²) in [4.78, 5) is 24.0. The molecular formula is C14H18ClN3O4. The molecule has 2 N–H and O–H groups in total. The number of benzene rings is 1. The second kappa shape index (κ2) is 7.04. The van der Waals surface area contributed by atoms with E-state index in [1.807, 2.05) is 0 Å². The first-order chi connectivity index (χ1) is 10.4. The third-order valence-corrected chi connectivity index (χ3v) is 3.74. The van der Waals surface area contributed by atoms with Crippen molar-refractivity contribution in [1.82, 2.24) is 4.90 Å². The molecule has 8 heteroatoms. The molecule has 0 aliphatic heterocycles. The standard InChI is InChI=1S/C14H18ClN3O4/c1-17(7-13(19)9-2-3-9)8-14(20)16-11-6-10(15)4-5-12(11)18(21)22/h4-6,9,13,19H,2-3,7-8H2,1H3,(H,16,20). The van der Waals surface area contributed by atoms with E-state index in [9.17, 15) is 20.0 Å². The molecule has 0 radical (unpaired) electrons. The fraction of sp³-hybridized carbons (Fsp3) is 0.500. The molecule has 2 rings (SSSR count). The predicted octanol–water partition coefficient (Wildman–Crippen LogP) is 1.89. The van der Waals surface area contributed by atoms with Crippen molar-refractivity contribution < 1.29 is 14.8 Å². The molecule has 1 aromatic rings. The van der Waals surface area contributed by atoms with Gasteiger partial charge >= 0.3 is 0 Å². The predicted molar refractivity (Wildman–Crippen MR) is 83.0 cm³/mol. The van der Waals surface area contributed by atoms with Gasteiger partial charge in [-0.2, -0.15) is 0 Å². The minimum atomic E-state index is -0.577. The number of hydrogen-bond donors (Lipinski definition) is 2. The summed E-state index contributed by atoms with van der Waals surface area (Å²) >= 11 is 5.80. The average molecular weight is 328 g/mol. The van der Waals surface area contributed by atoms with Crippen LogP contribution in [0.2, 0.25) is 5.02 Å². The van der Waals surface area contributed by atoms with Gasteiger partial charge < -0.3 is 10.4 Å². The maximum Gasteiger partial charge on any atom is 0.292 e.